The predicted molar refractivity (Wildman–Crippen MR) is 88.0 cm³/mol. The van der Waals surface area contributed by atoms with Gasteiger partial charge in [-0.3, -0.25) is 0 Å². The standard InChI is InChI=1S/C17H23N3S/c1-12(2)18-9-5-8-16-19-20-17(21-16)15-10-13-6-3-4-7-14(13)11-15/h3-4,6-7,12,15,18H,5,8-11H2,1-2H3. The van der Waals surface area contributed by atoms with E-state index in [4.69, 9.17) is 0 Å². The molecule has 1 aromatic carbocycles. The summed E-state index contributed by atoms with van der Waals surface area (Å²) in [5, 5.41) is 14.7. The van der Waals surface area contributed by atoms with Crippen LogP contribution in [0.25, 0.3) is 0 Å². The van der Waals surface area contributed by atoms with E-state index in [1.807, 2.05) is 11.3 Å². The van der Waals surface area contributed by atoms with Crippen molar-refractivity contribution in [3.05, 3.63) is 45.4 Å². The van der Waals surface area contributed by atoms with Crippen molar-refractivity contribution in [3.8, 4) is 0 Å². The van der Waals surface area contributed by atoms with Gasteiger partial charge in [0, 0.05) is 18.4 Å². The fraction of sp³-hybridized carbons (Fsp3) is 0.529. The predicted octanol–water partition coefficient (Wildman–Crippen LogP) is 3.35. The average molecular weight is 301 g/mol. The molecule has 1 aliphatic rings. The Labute approximate surface area is 130 Å². The van der Waals surface area contributed by atoms with Crippen LogP contribution < -0.4 is 5.32 Å². The molecule has 0 saturated carbocycles. The highest BCUT2D eigenvalue weighted by Crippen LogP contribution is 2.35. The van der Waals surface area contributed by atoms with Crippen LogP contribution in [0.5, 0.6) is 0 Å². The maximum Gasteiger partial charge on any atom is 0.121 e. The fourth-order valence-corrected chi connectivity index (χ4v) is 3.88. The van der Waals surface area contributed by atoms with E-state index < -0.39 is 0 Å². The van der Waals surface area contributed by atoms with E-state index in [0.717, 1.165) is 32.2 Å². The highest BCUT2D eigenvalue weighted by Gasteiger charge is 2.25. The van der Waals surface area contributed by atoms with Crippen LogP contribution in [0.15, 0.2) is 24.3 Å². The summed E-state index contributed by atoms with van der Waals surface area (Å²) in [7, 11) is 0. The first kappa shape index (κ1) is 14.7. The molecule has 1 aromatic heterocycles. The van der Waals surface area contributed by atoms with Gasteiger partial charge in [0.25, 0.3) is 0 Å². The number of rotatable bonds is 6. The van der Waals surface area contributed by atoms with E-state index in [1.54, 1.807) is 0 Å². The van der Waals surface area contributed by atoms with E-state index in [-0.39, 0.29) is 0 Å². The second kappa shape index (κ2) is 6.67. The number of hydrogen-bond donors (Lipinski definition) is 1. The molecule has 0 amide bonds. The molecule has 1 aliphatic carbocycles. The summed E-state index contributed by atoms with van der Waals surface area (Å²) in [4.78, 5) is 0. The molecule has 0 spiro atoms. The van der Waals surface area contributed by atoms with Crippen LogP contribution in [0.4, 0.5) is 0 Å². The van der Waals surface area contributed by atoms with Gasteiger partial charge in [-0.05, 0) is 36.9 Å². The molecule has 2 aromatic rings. The third kappa shape index (κ3) is 3.69. The molecule has 3 rings (SSSR count). The monoisotopic (exact) mass is 301 g/mol. The van der Waals surface area contributed by atoms with Crippen molar-refractivity contribution in [2.75, 3.05) is 6.54 Å². The number of hydrogen-bond acceptors (Lipinski definition) is 4. The third-order valence-corrected chi connectivity index (χ3v) is 5.15. The number of nitrogens with zero attached hydrogens (tertiary/aromatic N) is 2. The number of nitrogens with one attached hydrogen (secondary N) is 1. The number of fused-ring (bicyclic) bond motifs is 1. The van der Waals surface area contributed by atoms with Gasteiger partial charge in [-0.2, -0.15) is 0 Å². The van der Waals surface area contributed by atoms with Gasteiger partial charge in [0.15, 0.2) is 0 Å². The van der Waals surface area contributed by atoms with Crippen molar-refractivity contribution in [1.82, 2.24) is 15.5 Å². The lowest BCUT2D eigenvalue weighted by Gasteiger charge is -2.06. The lowest BCUT2D eigenvalue weighted by molar-refractivity contribution is 0.569. The number of aryl methyl sites for hydroxylation is 1. The molecule has 1 heterocycles. The van der Waals surface area contributed by atoms with Gasteiger partial charge >= 0.3 is 0 Å². The minimum Gasteiger partial charge on any atom is -0.315 e. The van der Waals surface area contributed by atoms with Crippen LogP contribution >= 0.6 is 11.3 Å². The third-order valence-electron chi connectivity index (χ3n) is 4.00. The largest absolute Gasteiger partial charge is 0.315 e. The summed E-state index contributed by atoms with van der Waals surface area (Å²) in [6.45, 7) is 5.42. The molecule has 0 saturated heterocycles. The molecule has 0 aliphatic heterocycles. The van der Waals surface area contributed by atoms with Crippen LogP contribution in [0.2, 0.25) is 0 Å². The SMILES string of the molecule is CC(C)NCCCc1nnc(C2Cc3ccccc3C2)s1. The smallest absolute Gasteiger partial charge is 0.121 e. The van der Waals surface area contributed by atoms with E-state index >= 15 is 0 Å². The number of aromatic nitrogens is 2. The Morgan fingerprint density at radius 1 is 1.19 bits per heavy atom. The van der Waals surface area contributed by atoms with Crippen molar-refractivity contribution >= 4 is 11.3 Å². The summed E-state index contributed by atoms with van der Waals surface area (Å²) in [5.74, 6) is 0.544. The van der Waals surface area contributed by atoms with Gasteiger partial charge in [0.05, 0.1) is 0 Å². The summed E-state index contributed by atoms with van der Waals surface area (Å²) >= 11 is 1.81. The highest BCUT2D eigenvalue weighted by molar-refractivity contribution is 7.11. The molecular formula is C17H23N3S. The van der Waals surface area contributed by atoms with Crippen molar-refractivity contribution < 1.29 is 0 Å². The Hall–Kier alpha value is -1.26. The molecule has 4 heteroatoms. The quantitative estimate of drug-likeness (QED) is 0.832. The fourth-order valence-electron chi connectivity index (χ4n) is 2.90. The lowest BCUT2D eigenvalue weighted by Crippen LogP contribution is -2.23. The van der Waals surface area contributed by atoms with Gasteiger partial charge in [0.2, 0.25) is 0 Å². The maximum absolute atomic E-state index is 4.44. The Morgan fingerprint density at radius 3 is 2.57 bits per heavy atom. The molecule has 0 atom stereocenters. The summed E-state index contributed by atoms with van der Waals surface area (Å²) in [6, 6.07) is 9.32. The topological polar surface area (TPSA) is 37.8 Å². The van der Waals surface area contributed by atoms with Crippen LogP contribution in [0.3, 0.4) is 0 Å². The van der Waals surface area contributed by atoms with E-state index in [9.17, 15) is 0 Å². The molecule has 0 radical (unpaired) electrons. The highest BCUT2D eigenvalue weighted by atomic mass is 32.1. The van der Waals surface area contributed by atoms with Gasteiger partial charge in [-0.15, -0.1) is 21.5 Å². The van der Waals surface area contributed by atoms with Gasteiger partial charge in [-0.25, -0.2) is 0 Å². The lowest BCUT2D eigenvalue weighted by atomic mass is 10.1. The Bertz CT molecular complexity index is 566. The van der Waals surface area contributed by atoms with Crippen LogP contribution in [0, 0.1) is 0 Å². The molecule has 112 valence electrons. The van der Waals surface area contributed by atoms with Crippen molar-refractivity contribution in [1.29, 1.82) is 0 Å². The molecule has 0 unspecified atom stereocenters. The molecule has 3 nitrogen and oxygen atoms in total. The van der Waals surface area contributed by atoms with E-state index in [1.165, 1.54) is 21.1 Å². The van der Waals surface area contributed by atoms with Gasteiger partial charge in [0.1, 0.15) is 10.0 Å². The molecule has 0 fully saturated rings. The van der Waals surface area contributed by atoms with Crippen LogP contribution in [-0.4, -0.2) is 22.8 Å². The first-order valence-corrected chi connectivity index (χ1v) is 8.66. The first-order chi connectivity index (χ1) is 10.2. The summed E-state index contributed by atoms with van der Waals surface area (Å²) in [5.41, 5.74) is 2.97. The zero-order chi connectivity index (χ0) is 14.7. The Kier molecular flexibility index (Phi) is 4.66. The van der Waals surface area contributed by atoms with E-state index in [2.05, 4.69) is 53.6 Å². The summed E-state index contributed by atoms with van der Waals surface area (Å²) in [6.07, 6.45) is 4.42. The van der Waals surface area contributed by atoms with E-state index in [0.29, 0.717) is 12.0 Å². The first-order valence-electron chi connectivity index (χ1n) is 7.85. The second-order valence-corrected chi connectivity index (χ2v) is 7.21. The second-order valence-electron chi connectivity index (χ2n) is 6.12. The van der Waals surface area contributed by atoms with Crippen molar-refractivity contribution in [3.63, 3.8) is 0 Å². The number of benzene rings is 1. The zero-order valence-corrected chi connectivity index (χ0v) is 13.6. The Balaban J connectivity index is 1.54. The Morgan fingerprint density at radius 2 is 1.90 bits per heavy atom. The van der Waals surface area contributed by atoms with Crippen LogP contribution in [0.1, 0.15) is 47.3 Å². The van der Waals surface area contributed by atoms with Gasteiger partial charge in [-0.1, -0.05) is 38.1 Å². The zero-order valence-electron chi connectivity index (χ0n) is 12.8. The van der Waals surface area contributed by atoms with Gasteiger partial charge < -0.3 is 5.32 Å². The van der Waals surface area contributed by atoms with Crippen LogP contribution in [-0.2, 0) is 19.3 Å². The van der Waals surface area contributed by atoms with Crippen molar-refractivity contribution in [2.45, 2.75) is 51.5 Å². The summed E-state index contributed by atoms with van der Waals surface area (Å²) < 4.78 is 0. The minimum absolute atomic E-state index is 0.544. The molecule has 21 heavy (non-hydrogen) atoms. The molecule has 0 bridgehead atoms. The van der Waals surface area contributed by atoms with Crippen molar-refractivity contribution in [2.24, 2.45) is 0 Å². The average Bonchev–Trinajstić information content (AvgIpc) is 3.09. The molecular weight excluding hydrogens is 278 g/mol. The maximum atomic E-state index is 4.44. The normalized spacial score (nSPS) is 14.8. The minimum atomic E-state index is 0.544. The molecule has 1 N–H and O–H groups in total.